The van der Waals surface area contributed by atoms with Gasteiger partial charge >= 0.3 is 5.56 Å². The second-order valence-electron chi connectivity index (χ2n) is 6.66. The normalized spacial score (nSPS) is 11.3. The highest BCUT2D eigenvalue weighted by atomic mass is 32.1. The first-order chi connectivity index (χ1) is 14.5. The van der Waals surface area contributed by atoms with E-state index in [1.807, 2.05) is 36.6 Å². The number of aromatic hydroxyl groups is 1. The van der Waals surface area contributed by atoms with Gasteiger partial charge in [0.1, 0.15) is 0 Å². The Morgan fingerprint density at radius 3 is 2.63 bits per heavy atom. The molecule has 2 aromatic carbocycles. The van der Waals surface area contributed by atoms with Gasteiger partial charge in [-0.25, -0.2) is 4.98 Å². The smallest absolute Gasteiger partial charge is 0.301 e. The summed E-state index contributed by atoms with van der Waals surface area (Å²) < 4.78 is 6.43. The van der Waals surface area contributed by atoms with Crippen LogP contribution in [0, 0.1) is 13.8 Å². The molecule has 0 fully saturated rings. The molecule has 0 spiro atoms. The molecule has 4 aromatic rings. The molecule has 0 saturated carbocycles. The molecule has 2 heterocycles. The van der Waals surface area contributed by atoms with Crippen molar-refractivity contribution in [1.29, 1.82) is 0 Å². The third-order valence-corrected chi connectivity index (χ3v) is 5.33. The summed E-state index contributed by atoms with van der Waals surface area (Å²) in [5.41, 5.74) is 3.83. The number of phenolic OH excluding ortho intramolecular Hbond substituents is 1. The Labute approximate surface area is 176 Å². The van der Waals surface area contributed by atoms with Gasteiger partial charge in [0.05, 0.1) is 24.2 Å². The van der Waals surface area contributed by atoms with Crippen LogP contribution < -0.4 is 10.3 Å². The van der Waals surface area contributed by atoms with Crippen molar-refractivity contribution in [3.63, 3.8) is 0 Å². The monoisotopic (exact) mass is 421 g/mol. The first-order valence-electron chi connectivity index (χ1n) is 9.09. The molecule has 2 aromatic heterocycles. The number of aromatic amines is 1. The predicted octanol–water partition coefficient (Wildman–Crippen LogP) is 5.04. The number of nitrogens with zero attached hydrogens (tertiary/aromatic N) is 4. The molecule has 0 saturated heterocycles. The minimum Gasteiger partial charge on any atom is -0.504 e. The van der Waals surface area contributed by atoms with Gasteiger partial charge in [-0.1, -0.05) is 29.8 Å². The number of azo groups is 1. The van der Waals surface area contributed by atoms with Crippen LogP contribution in [0.15, 0.2) is 62.9 Å². The van der Waals surface area contributed by atoms with E-state index >= 15 is 0 Å². The third kappa shape index (κ3) is 3.74. The summed E-state index contributed by atoms with van der Waals surface area (Å²) in [4.78, 5) is 17.4. The van der Waals surface area contributed by atoms with E-state index in [0.717, 1.165) is 11.3 Å². The maximum absolute atomic E-state index is 12.9. The average molecular weight is 421 g/mol. The molecule has 0 unspecified atom stereocenters. The van der Waals surface area contributed by atoms with Crippen molar-refractivity contribution in [1.82, 2.24) is 14.8 Å². The number of ether oxygens (including phenoxy) is 1. The number of hydrogen-bond acceptors (Lipinski definition) is 7. The molecule has 2 N–H and O–H groups in total. The zero-order chi connectivity index (χ0) is 21.3. The standard InChI is InChI=1S/C21H19N5O3S/c1-12-4-6-14(7-5-12)16-11-30-21(22-16)26-20(28)19(13(2)25-26)24-23-15-8-9-17(27)18(10-15)29-3/h4-11,25,27H,1-3H3. The molecule has 30 heavy (non-hydrogen) atoms. The molecule has 0 aliphatic heterocycles. The summed E-state index contributed by atoms with van der Waals surface area (Å²) in [7, 11) is 1.45. The second-order valence-corrected chi connectivity index (χ2v) is 7.50. The van der Waals surface area contributed by atoms with E-state index in [-0.39, 0.29) is 22.7 Å². The molecule has 0 radical (unpaired) electrons. The van der Waals surface area contributed by atoms with Crippen molar-refractivity contribution >= 4 is 22.7 Å². The van der Waals surface area contributed by atoms with Crippen LogP contribution in [0.5, 0.6) is 11.5 Å². The van der Waals surface area contributed by atoms with Crippen LogP contribution in [0.4, 0.5) is 11.4 Å². The summed E-state index contributed by atoms with van der Waals surface area (Å²) >= 11 is 1.36. The highest BCUT2D eigenvalue weighted by molar-refractivity contribution is 7.12. The SMILES string of the molecule is COc1cc(N=Nc2c(C)[nH]n(-c3nc(-c4ccc(C)cc4)cs3)c2=O)ccc1O. The minimum atomic E-state index is -0.341. The molecule has 9 heteroatoms. The Balaban J connectivity index is 1.64. The van der Waals surface area contributed by atoms with Gasteiger partial charge in [-0.2, -0.15) is 9.80 Å². The lowest BCUT2D eigenvalue weighted by Gasteiger charge is -2.02. The van der Waals surface area contributed by atoms with Crippen molar-refractivity contribution in [3.05, 3.63) is 69.5 Å². The highest BCUT2D eigenvalue weighted by Gasteiger charge is 2.15. The van der Waals surface area contributed by atoms with E-state index in [1.54, 1.807) is 13.0 Å². The van der Waals surface area contributed by atoms with Crippen LogP contribution in [0.2, 0.25) is 0 Å². The molecular weight excluding hydrogens is 402 g/mol. The van der Waals surface area contributed by atoms with Gasteiger partial charge in [0.25, 0.3) is 0 Å². The molecule has 8 nitrogen and oxygen atoms in total. The second kappa shape index (κ2) is 7.96. The average Bonchev–Trinajstić information content (AvgIpc) is 3.33. The number of methoxy groups -OCH3 is 1. The number of benzene rings is 2. The van der Waals surface area contributed by atoms with Crippen molar-refractivity contribution < 1.29 is 9.84 Å². The van der Waals surface area contributed by atoms with E-state index in [9.17, 15) is 9.90 Å². The lowest BCUT2D eigenvalue weighted by molar-refractivity contribution is 0.373. The van der Waals surface area contributed by atoms with E-state index in [1.165, 1.54) is 40.8 Å². The highest BCUT2D eigenvalue weighted by Crippen LogP contribution is 2.31. The largest absolute Gasteiger partial charge is 0.504 e. The quantitative estimate of drug-likeness (QED) is 0.441. The first-order valence-corrected chi connectivity index (χ1v) is 9.97. The lowest BCUT2D eigenvalue weighted by atomic mass is 10.1. The van der Waals surface area contributed by atoms with Gasteiger partial charge in [-0.3, -0.25) is 9.89 Å². The minimum absolute atomic E-state index is 0.00443. The van der Waals surface area contributed by atoms with Crippen molar-refractivity contribution in [3.8, 4) is 27.9 Å². The topological polar surface area (TPSA) is 105 Å². The summed E-state index contributed by atoms with van der Waals surface area (Å²) in [6, 6.07) is 12.6. The van der Waals surface area contributed by atoms with Gasteiger partial charge < -0.3 is 9.84 Å². The number of thiazole rings is 1. The van der Waals surface area contributed by atoms with Crippen molar-refractivity contribution in [2.75, 3.05) is 7.11 Å². The molecular formula is C21H19N5O3S. The number of phenols is 1. The predicted molar refractivity (Wildman–Crippen MR) is 116 cm³/mol. The molecule has 0 aliphatic carbocycles. The van der Waals surface area contributed by atoms with Crippen LogP contribution >= 0.6 is 11.3 Å². The van der Waals surface area contributed by atoms with Gasteiger partial charge in [-0.15, -0.1) is 16.5 Å². The molecule has 0 bridgehead atoms. The number of H-pyrrole nitrogens is 1. The first kappa shape index (κ1) is 19.6. The Hall–Kier alpha value is -3.72. The fraction of sp³-hybridized carbons (Fsp3) is 0.143. The summed E-state index contributed by atoms with van der Waals surface area (Å²) in [6.45, 7) is 3.78. The Kier molecular flexibility index (Phi) is 5.20. The van der Waals surface area contributed by atoms with E-state index in [0.29, 0.717) is 16.5 Å². The molecule has 4 rings (SSSR count). The Morgan fingerprint density at radius 2 is 1.90 bits per heavy atom. The fourth-order valence-corrected chi connectivity index (χ4v) is 3.64. The van der Waals surface area contributed by atoms with Crippen molar-refractivity contribution in [2.45, 2.75) is 13.8 Å². The molecule has 0 amide bonds. The Morgan fingerprint density at radius 1 is 1.13 bits per heavy atom. The maximum atomic E-state index is 12.9. The summed E-state index contributed by atoms with van der Waals surface area (Å²) in [6.07, 6.45) is 0. The van der Waals surface area contributed by atoms with Crippen LogP contribution in [-0.4, -0.2) is 27.0 Å². The van der Waals surface area contributed by atoms with Gasteiger partial charge in [0.2, 0.25) is 5.13 Å². The Bertz CT molecular complexity index is 1280. The number of aryl methyl sites for hydroxylation is 2. The lowest BCUT2D eigenvalue weighted by Crippen LogP contribution is -2.13. The van der Waals surface area contributed by atoms with E-state index < -0.39 is 0 Å². The molecule has 152 valence electrons. The number of nitrogens with one attached hydrogen (secondary N) is 1. The van der Waals surface area contributed by atoms with Crippen LogP contribution in [0.1, 0.15) is 11.3 Å². The number of aromatic nitrogens is 3. The van der Waals surface area contributed by atoms with Crippen molar-refractivity contribution in [2.24, 2.45) is 10.2 Å². The van der Waals surface area contributed by atoms with E-state index in [4.69, 9.17) is 4.74 Å². The van der Waals surface area contributed by atoms with Gasteiger partial charge in [-0.05, 0) is 26.0 Å². The van der Waals surface area contributed by atoms with E-state index in [2.05, 4.69) is 20.3 Å². The number of rotatable bonds is 5. The van der Waals surface area contributed by atoms with Gasteiger partial charge in [0.15, 0.2) is 17.2 Å². The maximum Gasteiger partial charge on any atom is 0.301 e. The van der Waals surface area contributed by atoms with Crippen LogP contribution in [-0.2, 0) is 0 Å². The summed E-state index contributed by atoms with van der Waals surface area (Å²) in [5, 5.41) is 23.3. The van der Waals surface area contributed by atoms with Gasteiger partial charge in [0, 0.05) is 17.0 Å². The zero-order valence-electron chi connectivity index (χ0n) is 16.6. The molecule has 0 atom stereocenters. The van der Waals surface area contributed by atoms with Crippen LogP contribution in [0.3, 0.4) is 0 Å². The fourth-order valence-electron chi connectivity index (χ4n) is 2.85. The summed E-state index contributed by atoms with van der Waals surface area (Å²) in [5.74, 6) is 0.283. The van der Waals surface area contributed by atoms with Crippen LogP contribution in [0.25, 0.3) is 16.4 Å². The zero-order valence-corrected chi connectivity index (χ0v) is 17.4. The molecule has 0 aliphatic rings. The third-order valence-electron chi connectivity index (χ3n) is 4.50. The number of hydrogen-bond donors (Lipinski definition) is 2.